The Hall–Kier alpha value is -3.00. The van der Waals surface area contributed by atoms with E-state index in [0.29, 0.717) is 23.7 Å². The van der Waals surface area contributed by atoms with Crippen molar-refractivity contribution >= 4 is 15.7 Å². The summed E-state index contributed by atoms with van der Waals surface area (Å²) in [5.41, 5.74) is 2.00. The summed E-state index contributed by atoms with van der Waals surface area (Å²) < 4.78 is 39.6. The molecule has 3 aromatic rings. The Morgan fingerprint density at radius 1 is 1.04 bits per heavy atom. The molecule has 1 heterocycles. The van der Waals surface area contributed by atoms with Crippen LogP contribution in [0, 0.1) is 0 Å². The van der Waals surface area contributed by atoms with E-state index < -0.39 is 10.0 Å². The van der Waals surface area contributed by atoms with Crippen LogP contribution in [0.25, 0.3) is 0 Å². The highest BCUT2D eigenvalue weighted by Gasteiger charge is 2.14. The summed E-state index contributed by atoms with van der Waals surface area (Å²) in [4.78, 5) is 0. The van der Waals surface area contributed by atoms with Crippen molar-refractivity contribution in [2.75, 3.05) is 18.9 Å². The van der Waals surface area contributed by atoms with Crippen molar-refractivity contribution in [2.24, 2.45) is 0 Å². The van der Waals surface area contributed by atoms with E-state index in [1.165, 1.54) is 6.20 Å². The van der Waals surface area contributed by atoms with Gasteiger partial charge in [-0.15, -0.1) is 0 Å². The Kier molecular flexibility index (Phi) is 5.66. The molecule has 0 aliphatic carbocycles. The number of anilines is 1. The molecule has 2 aromatic carbocycles. The Balaban J connectivity index is 1.72. The monoisotopic (exact) mass is 387 g/mol. The average molecular weight is 387 g/mol. The van der Waals surface area contributed by atoms with Crippen LogP contribution in [0.2, 0.25) is 0 Å². The van der Waals surface area contributed by atoms with Gasteiger partial charge in [0.1, 0.15) is 0 Å². The van der Waals surface area contributed by atoms with Gasteiger partial charge in [0.25, 0.3) is 0 Å². The Bertz CT molecular complexity index is 1000. The SMILES string of the molecule is COc1cccc(Cn2cc(NS(=O)(=O)Cc3ccccc3)cn2)c1OC. The van der Waals surface area contributed by atoms with Crippen LogP contribution in [0.5, 0.6) is 11.5 Å². The van der Waals surface area contributed by atoms with Crippen molar-refractivity contribution in [2.45, 2.75) is 12.3 Å². The fourth-order valence-corrected chi connectivity index (χ4v) is 3.93. The standard InChI is InChI=1S/C19H21N3O4S/c1-25-18-10-6-9-16(19(18)26-2)12-22-13-17(11-20-22)21-27(23,24)14-15-7-4-3-5-8-15/h3-11,13,21H,12,14H2,1-2H3. The first-order valence-electron chi connectivity index (χ1n) is 8.27. The molecule has 142 valence electrons. The third-order valence-electron chi connectivity index (χ3n) is 3.92. The zero-order chi connectivity index (χ0) is 19.3. The predicted octanol–water partition coefficient (Wildman–Crippen LogP) is 2.89. The zero-order valence-corrected chi connectivity index (χ0v) is 15.9. The lowest BCUT2D eigenvalue weighted by molar-refractivity contribution is 0.350. The quantitative estimate of drug-likeness (QED) is 0.643. The molecule has 0 aliphatic heterocycles. The third kappa shape index (κ3) is 4.79. The van der Waals surface area contributed by atoms with Gasteiger partial charge in [-0.25, -0.2) is 8.42 Å². The Morgan fingerprint density at radius 2 is 1.81 bits per heavy atom. The van der Waals surface area contributed by atoms with E-state index >= 15 is 0 Å². The number of nitrogens with one attached hydrogen (secondary N) is 1. The van der Waals surface area contributed by atoms with E-state index in [4.69, 9.17) is 9.47 Å². The molecule has 8 heteroatoms. The Labute approximate surface area is 158 Å². The number of aromatic nitrogens is 2. The number of sulfonamides is 1. The molecule has 1 aromatic heterocycles. The van der Waals surface area contributed by atoms with Gasteiger partial charge in [-0.2, -0.15) is 5.10 Å². The van der Waals surface area contributed by atoms with Crippen LogP contribution in [0.3, 0.4) is 0 Å². The minimum atomic E-state index is -3.52. The molecule has 0 saturated carbocycles. The number of para-hydroxylation sites is 1. The molecule has 0 amide bonds. The normalized spacial score (nSPS) is 11.2. The topological polar surface area (TPSA) is 82.5 Å². The van der Waals surface area contributed by atoms with Gasteiger partial charge < -0.3 is 9.47 Å². The first-order chi connectivity index (χ1) is 13.0. The van der Waals surface area contributed by atoms with Crippen molar-refractivity contribution in [1.29, 1.82) is 0 Å². The molecular formula is C19H21N3O4S. The number of benzene rings is 2. The van der Waals surface area contributed by atoms with E-state index in [9.17, 15) is 8.42 Å². The maximum absolute atomic E-state index is 12.3. The summed E-state index contributed by atoms with van der Waals surface area (Å²) in [7, 11) is -0.363. The molecule has 0 fully saturated rings. The van der Waals surface area contributed by atoms with Crippen LogP contribution in [-0.2, 0) is 22.3 Å². The van der Waals surface area contributed by atoms with Gasteiger partial charge in [-0.3, -0.25) is 9.40 Å². The third-order valence-corrected chi connectivity index (χ3v) is 5.18. The van der Waals surface area contributed by atoms with Gasteiger partial charge in [0, 0.05) is 11.8 Å². The lowest BCUT2D eigenvalue weighted by Gasteiger charge is -2.12. The number of nitrogens with zero attached hydrogens (tertiary/aromatic N) is 2. The highest BCUT2D eigenvalue weighted by Crippen LogP contribution is 2.31. The van der Waals surface area contributed by atoms with Gasteiger partial charge in [0.2, 0.25) is 10.0 Å². The lowest BCUT2D eigenvalue weighted by atomic mass is 10.2. The van der Waals surface area contributed by atoms with Crippen molar-refractivity contribution in [1.82, 2.24) is 9.78 Å². The molecule has 3 rings (SSSR count). The molecule has 0 bridgehead atoms. The zero-order valence-electron chi connectivity index (χ0n) is 15.1. The van der Waals surface area contributed by atoms with Crippen molar-refractivity contribution in [3.8, 4) is 11.5 Å². The Morgan fingerprint density at radius 3 is 2.52 bits per heavy atom. The van der Waals surface area contributed by atoms with Crippen LogP contribution in [0.1, 0.15) is 11.1 Å². The summed E-state index contributed by atoms with van der Waals surface area (Å²) in [5, 5.41) is 4.23. The summed E-state index contributed by atoms with van der Waals surface area (Å²) in [6.07, 6.45) is 3.12. The van der Waals surface area contributed by atoms with Crippen molar-refractivity contribution < 1.29 is 17.9 Å². The molecule has 7 nitrogen and oxygen atoms in total. The van der Waals surface area contributed by atoms with Crippen molar-refractivity contribution in [3.05, 3.63) is 72.1 Å². The van der Waals surface area contributed by atoms with E-state index in [1.807, 2.05) is 36.4 Å². The molecular weight excluding hydrogens is 366 g/mol. The number of rotatable bonds is 8. The first kappa shape index (κ1) is 18.8. The number of ether oxygens (including phenoxy) is 2. The fourth-order valence-electron chi connectivity index (χ4n) is 2.76. The second-order valence-corrected chi connectivity index (χ2v) is 7.65. The minimum absolute atomic E-state index is 0.0945. The van der Waals surface area contributed by atoms with Gasteiger partial charge in [0.15, 0.2) is 11.5 Å². The maximum Gasteiger partial charge on any atom is 0.237 e. The van der Waals surface area contributed by atoms with Crippen LogP contribution in [0.15, 0.2) is 60.9 Å². The molecule has 0 saturated heterocycles. The smallest absolute Gasteiger partial charge is 0.237 e. The number of hydrogen-bond acceptors (Lipinski definition) is 5. The van der Waals surface area contributed by atoms with Gasteiger partial charge in [-0.05, 0) is 11.6 Å². The summed E-state index contributed by atoms with van der Waals surface area (Å²) in [6.45, 7) is 0.417. The molecule has 0 aliphatic rings. The summed E-state index contributed by atoms with van der Waals surface area (Å²) in [5.74, 6) is 1.16. The van der Waals surface area contributed by atoms with E-state index in [-0.39, 0.29) is 5.75 Å². The van der Waals surface area contributed by atoms with Crippen LogP contribution in [0.4, 0.5) is 5.69 Å². The van der Waals surface area contributed by atoms with Gasteiger partial charge >= 0.3 is 0 Å². The number of hydrogen-bond donors (Lipinski definition) is 1. The molecule has 0 spiro atoms. The first-order valence-corrected chi connectivity index (χ1v) is 9.92. The van der Waals surface area contributed by atoms with Crippen LogP contribution in [-0.4, -0.2) is 32.4 Å². The highest BCUT2D eigenvalue weighted by molar-refractivity contribution is 7.91. The molecule has 1 N–H and O–H groups in total. The van der Waals surface area contributed by atoms with Gasteiger partial charge in [0.05, 0.1) is 38.4 Å². The number of methoxy groups -OCH3 is 2. The second-order valence-electron chi connectivity index (χ2n) is 5.93. The molecule has 0 unspecified atom stereocenters. The van der Waals surface area contributed by atoms with Crippen LogP contribution >= 0.6 is 0 Å². The average Bonchev–Trinajstić information content (AvgIpc) is 3.07. The van der Waals surface area contributed by atoms with E-state index in [2.05, 4.69) is 9.82 Å². The highest BCUT2D eigenvalue weighted by atomic mass is 32.2. The van der Waals surface area contributed by atoms with E-state index in [1.54, 1.807) is 37.2 Å². The maximum atomic E-state index is 12.3. The van der Waals surface area contributed by atoms with Crippen LogP contribution < -0.4 is 14.2 Å². The molecule has 27 heavy (non-hydrogen) atoms. The molecule has 0 radical (unpaired) electrons. The fraction of sp³-hybridized carbons (Fsp3) is 0.211. The van der Waals surface area contributed by atoms with E-state index in [0.717, 1.165) is 11.1 Å². The van der Waals surface area contributed by atoms with Gasteiger partial charge in [-0.1, -0.05) is 42.5 Å². The largest absolute Gasteiger partial charge is 0.493 e. The molecule has 0 atom stereocenters. The lowest BCUT2D eigenvalue weighted by Crippen LogP contribution is -2.14. The second kappa shape index (κ2) is 8.13. The summed E-state index contributed by atoms with van der Waals surface area (Å²) >= 11 is 0. The van der Waals surface area contributed by atoms with Crippen molar-refractivity contribution in [3.63, 3.8) is 0 Å². The summed E-state index contributed by atoms with van der Waals surface area (Å²) in [6, 6.07) is 14.6. The predicted molar refractivity (Wildman–Crippen MR) is 104 cm³/mol. The minimum Gasteiger partial charge on any atom is -0.493 e.